The van der Waals surface area contributed by atoms with Gasteiger partial charge in [0.2, 0.25) is 5.91 Å². The van der Waals surface area contributed by atoms with Crippen molar-refractivity contribution in [3.63, 3.8) is 0 Å². The third kappa shape index (κ3) is 9.18. The van der Waals surface area contributed by atoms with Crippen LogP contribution in [0, 0.1) is 31.1 Å². The molecule has 2 amide bonds. The van der Waals surface area contributed by atoms with Crippen molar-refractivity contribution in [2.75, 3.05) is 13.1 Å². The fourth-order valence-corrected chi connectivity index (χ4v) is 5.52. The lowest BCUT2D eigenvalue weighted by Gasteiger charge is -2.46. The van der Waals surface area contributed by atoms with Crippen molar-refractivity contribution in [1.29, 1.82) is 0 Å². The molecule has 13 heteroatoms. The van der Waals surface area contributed by atoms with E-state index >= 15 is 0 Å². The summed E-state index contributed by atoms with van der Waals surface area (Å²) in [6.07, 6.45) is 1.45. The van der Waals surface area contributed by atoms with Crippen LogP contribution in [0.4, 0.5) is 16.2 Å². The fraction of sp³-hybridized carbons (Fsp3) is 0.448. The summed E-state index contributed by atoms with van der Waals surface area (Å²) >= 11 is 0. The monoisotopic (exact) mass is 580 g/mol. The molecule has 13 nitrogen and oxygen atoms in total. The van der Waals surface area contributed by atoms with E-state index in [4.69, 9.17) is 4.84 Å². The zero-order chi connectivity index (χ0) is 31.1. The Morgan fingerprint density at radius 3 is 1.95 bits per heavy atom. The molecule has 2 aromatic rings. The van der Waals surface area contributed by atoms with Gasteiger partial charge in [-0.1, -0.05) is 25.9 Å². The zero-order valence-electron chi connectivity index (χ0n) is 24.4. The van der Waals surface area contributed by atoms with Gasteiger partial charge in [0, 0.05) is 42.6 Å². The molecule has 3 rings (SSSR count). The van der Waals surface area contributed by atoms with Crippen molar-refractivity contribution >= 4 is 34.8 Å². The number of oxime groups is 1. The number of carbonyl (C=O) groups excluding carboxylic acids is 2. The minimum absolute atomic E-state index is 0.0147. The highest BCUT2D eigenvalue weighted by molar-refractivity contribution is 6.00. The highest BCUT2D eigenvalue weighted by Gasteiger charge is 2.42. The lowest BCUT2D eigenvalue weighted by molar-refractivity contribution is -0.385. The largest absolute Gasteiger partial charge is 0.433 e. The molecular formula is C29H36N6O7. The molecule has 2 N–H and O–H groups in total. The van der Waals surface area contributed by atoms with Crippen molar-refractivity contribution in [1.82, 2.24) is 10.6 Å². The van der Waals surface area contributed by atoms with Crippen molar-refractivity contribution in [3.05, 3.63) is 79.9 Å². The van der Waals surface area contributed by atoms with Gasteiger partial charge in [-0.05, 0) is 79.3 Å². The molecule has 0 aliphatic heterocycles. The number of nitrogens with one attached hydrogen (secondary N) is 2. The number of non-ortho nitro benzene ring substituents is 2. The quantitative estimate of drug-likeness (QED) is 0.168. The molecule has 42 heavy (non-hydrogen) atoms. The van der Waals surface area contributed by atoms with Crippen LogP contribution in [0.3, 0.4) is 0 Å². The second kappa shape index (κ2) is 13.3. The van der Waals surface area contributed by atoms with Crippen molar-refractivity contribution in [2.24, 2.45) is 21.0 Å². The highest BCUT2D eigenvalue weighted by atomic mass is 16.7. The predicted octanol–water partition coefficient (Wildman–Crippen LogP) is 5.16. The summed E-state index contributed by atoms with van der Waals surface area (Å²) in [5.41, 5.74) is 1.80. The number of hydrogen-bond donors (Lipinski definition) is 2. The number of aliphatic imine (C=N–C) groups is 1. The molecule has 2 atom stereocenters. The van der Waals surface area contributed by atoms with Crippen LogP contribution in [-0.4, -0.2) is 52.4 Å². The van der Waals surface area contributed by atoms with E-state index in [1.807, 2.05) is 0 Å². The first kappa shape index (κ1) is 31.8. The number of benzene rings is 2. The van der Waals surface area contributed by atoms with E-state index in [2.05, 4.69) is 41.6 Å². The van der Waals surface area contributed by atoms with E-state index in [-0.39, 0.29) is 40.7 Å². The fourth-order valence-electron chi connectivity index (χ4n) is 5.52. The zero-order valence-corrected chi connectivity index (χ0v) is 24.4. The van der Waals surface area contributed by atoms with E-state index in [1.165, 1.54) is 36.4 Å². The summed E-state index contributed by atoms with van der Waals surface area (Å²) in [6, 6.07) is 11.5. The molecule has 2 unspecified atom stereocenters. The average molecular weight is 581 g/mol. The van der Waals surface area contributed by atoms with Crippen LogP contribution in [0.2, 0.25) is 0 Å². The predicted molar refractivity (Wildman–Crippen MR) is 158 cm³/mol. The number of rotatable bonds is 10. The molecule has 0 spiro atoms. The maximum absolute atomic E-state index is 12.6. The number of hydrogen-bond acceptors (Lipinski definition) is 9. The van der Waals surface area contributed by atoms with E-state index < -0.39 is 15.9 Å². The van der Waals surface area contributed by atoms with Crippen molar-refractivity contribution in [2.45, 2.75) is 59.9 Å². The van der Waals surface area contributed by atoms with Gasteiger partial charge in [0.25, 0.3) is 11.4 Å². The van der Waals surface area contributed by atoms with Crippen LogP contribution in [0.1, 0.15) is 65.0 Å². The molecule has 1 aliphatic carbocycles. The highest BCUT2D eigenvalue weighted by Crippen LogP contribution is 2.45. The van der Waals surface area contributed by atoms with Crippen LogP contribution in [0.15, 0.2) is 58.7 Å². The van der Waals surface area contributed by atoms with E-state index in [0.717, 1.165) is 12.8 Å². The van der Waals surface area contributed by atoms with Crippen molar-refractivity contribution < 1.29 is 24.3 Å². The van der Waals surface area contributed by atoms with Gasteiger partial charge in [-0.2, -0.15) is 0 Å². The van der Waals surface area contributed by atoms with Crippen LogP contribution in [-0.2, 0) is 9.63 Å². The first-order chi connectivity index (χ1) is 19.7. The Morgan fingerprint density at radius 1 is 0.905 bits per heavy atom. The molecule has 1 saturated carbocycles. The van der Waals surface area contributed by atoms with Gasteiger partial charge in [-0.3, -0.25) is 34.9 Å². The molecule has 0 saturated heterocycles. The Morgan fingerprint density at radius 2 is 1.43 bits per heavy atom. The minimum atomic E-state index is -0.707. The smallest absolute Gasteiger partial charge is 0.354 e. The Labute approximate surface area is 243 Å². The molecule has 224 valence electrons. The molecular weight excluding hydrogens is 544 g/mol. The van der Waals surface area contributed by atoms with Gasteiger partial charge in [0.1, 0.15) is 6.54 Å². The maximum atomic E-state index is 12.6. The lowest BCUT2D eigenvalue weighted by Crippen LogP contribution is -2.50. The molecule has 1 aliphatic rings. The Hall–Kier alpha value is -4.68. The molecule has 2 aromatic carbocycles. The van der Waals surface area contributed by atoms with Crippen LogP contribution >= 0.6 is 0 Å². The topological polar surface area (TPSA) is 178 Å². The average Bonchev–Trinajstić information content (AvgIpc) is 2.92. The summed E-state index contributed by atoms with van der Waals surface area (Å²) in [5.74, 6) is -0.249. The molecule has 0 aromatic heterocycles. The van der Waals surface area contributed by atoms with E-state index in [9.17, 15) is 29.8 Å². The number of carbonyl (C=O) groups is 2. The Kier molecular flexibility index (Phi) is 10.1. The molecule has 0 radical (unpaired) electrons. The molecule has 1 fully saturated rings. The first-order valence-corrected chi connectivity index (χ1v) is 13.5. The van der Waals surface area contributed by atoms with Gasteiger partial charge < -0.3 is 10.6 Å². The Balaban J connectivity index is 1.53. The lowest BCUT2D eigenvalue weighted by atomic mass is 9.62. The summed E-state index contributed by atoms with van der Waals surface area (Å²) in [4.78, 5) is 55.3. The third-order valence-corrected chi connectivity index (χ3v) is 7.19. The number of nitro groups is 2. The number of nitro benzene ring substituents is 2. The summed E-state index contributed by atoms with van der Waals surface area (Å²) in [6.45, 7) is 9.98. The van der Waals surface area contributed by atoms with Crippen LogP contribution in [0.5, 0.6) is 0 Å². The summed E-state index contributed by atoms with van der Waals surface area (Å²) in [5, 5.41) is 31.4. The number of nitrogens with zero attached hydrogens (tertiary/aromatic N) is 4. The molecule has 0 heterocycles. The van der Waals surface area contributed by atoms with Gasteiger partial charge in [0.05, 0.1) is 15.6 Å². The Bertz CT molecular complexity index is 1390. The maximum Gasteiger partial charge on any atom is 0.433 e. The second-order valence-corrected chi connectivity index (χ2v) is 11.7. The molecule has 0 bridgehead atoms. The minimum Gasteiger partial charge on any atom is -0.354 e. The standard InChI is InChI=1S/C29H36N6O7/c1-19(21-6-10-24(11-7-21)34(38)39)30-16-26(36)31-18-29(5)15-23(14-28(3,4)17-29)32-27(37)42-33-20(2)22-8-12-25(13-9-22)35(40)41/h6-13,23H,14-18H2,1-5H3,(H,31,36)(H,32,37)/b30-19?,33-20+. The summed E-state index contributed by atoms with van der Waals surface area (Å²) in [7, 11) is 0. The second-order valence-electron chi connectivity index (χ2n) is 11.7. The van der Waals surface area contributed by atoms with Gasteiger partial charge >= 0.3 is 6.09 Å². The third-order valence-electron chi connectivity index (χ3n) is 7.19. The summed E-state index contributed by atoms with van der Waals surface area (Å²) < 4.78 is 0. The van der Waals surface area contributed by atoms with Crippen LogP contribution in [0.25, 0.3) is 0 Å². The first-order valence-electron chi connectivity index (χ1n) is 13.5. The van der Waals surface area contributed by atoms with E-state index in [1.54, 1.807) is 26.0 Å². The van der Waals surface area contributed by atoms with Gasteiger partial charge in [-0.25, -0.2) is 4.79 Å². The SMILES string of the molecule is CC(=NCC(=O)NCC1(C)CC(NC(=O)O/N=C(\C)c2ccc([N+](=O)[O-])cc2)CC(C)(C)C1)c1ccc([N+](=O)[O-])cc1. The normalized spacial score (nSPS) is 20.4. The van der Waals surface area contributed by atoms with Gasteiger partial charge in [0.15, 0.2) is 0 Å². The number of amides is 2. The van der Waals surface area contributed by atoms with Crippen molar-refractivity contribution in [3.8, 4) is 0 Å². The van der Waals surface area contributed by atoms with Crippen LogP contribution < -0.4 is 10.6 Å². The van der Waals surface area contributed by atoms with E-state index in [0.29, 0.717) is 35.5 Å². The van der Waals surface area contributed by atoms with Gasteiger partial charge in [-0.15, -0.1) is 0 Å².